The molecule has 4 rings (SSSR count). The molecule has 2 unspecified atom stereocenters. The fourth-order valence-electron chi connectivity index (χ4n) is 5.36. The molecule has 0 aromatic heterocycles. The number of carbonyl (C=O) groups excluding carboxylic acids is 2. The summed E-state index contributed by atoms with van der Waals surface area (Å²) in [7, 11) is 2.05. The van der Waals surface area contributed by atoms with Crippen LogP contribution in [0.3, 0.4) is 0 Å². The summed E-state index contributed by atoms with van der Waals surface area (Å²) >= 11 is 0. The molecule has 2 N–H and O–H groups in total. The molecule has 0 radical (unpaired) electrons. The monoisotopic (exact) mass is 467 g/mol. The van der Waals surface area contributed by atoms with Gasteiger partial charge in [0.1, 0.15) is 0 Å². The molecule has 3 fully saturated rings. The number of piperazine rings is 1. The lowest BCUT2D eigenvalue weighted by atomic mass is 9.83. The van der Waals surface area contributed by atoms with Crippen molar-refractivity contribution in [2.24, 2.45) is 16.8 Å². The fourth-order valence-corrected chi connectivity index (χ4v) is 5.36. The van der Waals surface area contributed by atoms with Gasteiger partial charge in [0.25, 0.3) is 0 Å². The summed E-state index contributed by atoms with van der Waals surface area (Å²) in [6.07, 6.45) is 3.25. The first-order chi connectivity index (χ1) is 16.5. The van der Waals surface area contributed by atoms with Gasteiger partial charge >= 0.3 is 0 Å². The Hall–Kier alpha value is -3.16. The molecule has 1 aromatic carbocycles. The first-order valence-corrected chi connectivity index (χ1v) is 11.9. The van der Waals surface area contributed by atoms with Crippen molar-refractivity contribution in [3.63, 3.8) is 0 Å². The first-order valence-electron chi connectivity index (χ1n) is 11.9. The quantitative estimate of drug-likeness (QED) is 0.219. The molecular weight excluding hydrogens is 434 g/mol. The van der Waals surface area contributed by atoms with Gasteiger partial charge in [0.2, 0.25) is 24.0 Å². The number of nitriles is 1. The predicted octanol–water partition coefficient (Wildman–Crippen LogP) is 0.530. The second-order valence-electron chi connectivity index (χ2n) is 9.41. The number of amides is 2. The van der Waals surface area contributed by atoms with Crippen LogP contribution in [0.5, 0.6) is 0 Å². The van der Waals surface area contributed by atoms with Crippen LogP contribution >= 0.6 is 0 Å². The van der Waals surface area contributed by atoms with Crippen molar-refractivity contribution in [2.45, 2.75) is 18.8 Å². The second kappa shape index (κ2) is 10.8. The third-order valence-electron chi connectivity index (χ3n) is 7.37. The number of hydroxylamine groups is 1. The number of nitrogens with one attached hydrogen (secondary N) is 1. The minimum atomic E-state index is -0.724. The van der Waals surface area contributed by atoms with Gasteiger partial charge in [0.15, 0.2) is 0 Å². The third kappa shape index (κ3) is 5.16. The van der Waals surface area contributed by atoms with E-state index in [0.717, 1.165) is 32.6 Å². The number of rotatable bonds is 3. The maximum Gasteiger partial charge on any atom is 0.249 e. The molecule has 0 spiro atoms. The second-order valence-corrected chi connectivity index (χ2v) is 9.41. The zero-order valence-electron chi connectivity index (χ0n) is 19.6. The number of likely N-dealkylation sites (tertiary alicyclic amines) is 2. The Balaban J connectivity index is 1.46. The van der Waals surface area contributed by atoms with E-state index in [2.05, 4.69) is 34.0 Å². The lowest BCUT2D eigenvalue weighted by Crippen LogP contribution is -2.58. The number of piperidine rings is 1. The molecule has 3 atom stereocenters. The summed E-state index contributed by atoms with van der Waals surface area (Å²) in [4.78, 5) is 38.3. The lowest BCUT2D eigenvalue weighted by molar-refractivity contribution is -0.147. The highest BCUT2D eigenvalue weighted by atomic mass is 16.5. The van der Waals surface area contributed by atoms with Gasteiger partial charge in [-0.05, 0) is 25.5 Å². The maximum atomic E-state index is 13.5. The van der Waals surface area contributed by atoms with E-state index < -0.39 is 17.7 Å². The largest absolute Gasteiger partial charge is 0.342 e. The third-order valence-corrected chi connectivity index (χ3v) is 7.37. The number of hydrogen-bond donors (Lipinski definition) is 2. The highest BCUT2D eigenvalue weighted by Gasteiger charge is 2.43. The number of likely N-dealkylation sites (N-methyl/N-ethyl adjacent to an activating group) is 1. The van der Waals surface area contributed by atoms with E-state index in [1.807, 2.05) is 34.2 Å². The molecule has 0 bridgehead atoms. The normalized spacial score (nSPS) is 26.3. The Morgan fingerprint density at radius 2 is 1.68 bits per heavy atom. The summed E-state index contributed by atoms with van der Waals surface area (Å²) in [5.41, 5.74) is 2.98. The zero-order chi connectivity index (χ0) is 24.1. The standard InChI is InChI=1S/C24H33N7O3/c1-28-11-13-29(14-12-28)24(26-17-25)31-10-8-20(21(16-31)22(32)27-34)23(33)30-9-7-19(15-30)18-5-3-2-4-6-18/h2-6,19-21,34H,7-16H2,1H3,(H,27,32)/t19-,20?,21?/m0/s1. The number of carbonyl (C=O) groups is 2. The van der Waals surface area contributed by atoms with Gasteiger partial charge in [-0.1, -0.05) is 30.3 Å². The summed E-state index contributed by atoms with van der Waals surface area (Å²) in [6.45, 7) is 5.24. The summed E-state index contributed by atoms with van der Waals surface area (Å²) < 4.78 is 0. The number of hydrogen-bond acceptors (Lipinski definition) is 6. The van der Waals surface area contributed by atoms with Crippen molar-refractivity contribution in [2.75, 3.05) is 59.4 Å². The molecule has 3 aliphatic heterocycles. The van der Waals surface area contributed by atoms with E-state index in [1.165, 1.54) is 5.56 Å². The van der Waals surface area contributed by atoms with E-state index in [-0.39, 0.29) is 12.5 Å². The Morgan fingerprint density at radius 1 is 0.971 bits per heavy atom. The minimum absolute atomic E-state index is 0.0370. The fraction of sp³-hybridized carbons (Fsp3) is 0.583. The molecule has 34 heavy (non-hydrogen) atoms. The maximum absolute atomic E-state index is 13.5. The van der Waals surface area contributed by atoms with Gasteiger partial charge in [-0.2, -0.15) is 5.26 Å². The molecule has 3 saturated heterocycles. The van der Waals surface area contributed by atoms with Crippen molar-refractivity contribution in [1.29, 1.82) is 5.26 Å². The zero-order valence-corrected chi connectivity index (χ0v) is 19.6. The van der Waals surface area contributed by atoms with E-state index in [1.54, 1.807) is 5.48 Å². The number of nitrogens with zero attached hydrogens (tertiary/aromatic N) is 6. The predicted molar refractivity (Wildman–Crippen MR) is 126 cm³/mol. The van der Waals surface area contributed by atoms with Gasteiger partial charge in [-0.15, -0.1) is 4.99 Å². The molecule has 3 aliphatic rings. The first kappa shape index (κ1) is 24.0. The minimum Gasteiger partial charge on any atom is -0.342 e. The van der Waals surface area contributed by atoms with Gasteiger partial charge < -0.3 is 19.6 Å². The molecule has 182 valence electrons. The van der Waals surface area contributed by atoms with Crippen LogP contribution in [-0.2, 0) is 9.59 Å². The van der Waals surface area contributed by atoms with Gasteiger partial charge in [0, 0.05) is 58.3 Å². The molecule has 3 heterocycles. The van der Waals surface area contributed by atoms with E-state index in [0.29, 0.717) is 37.9 Å². The number of guanidine groups is 1. The Kier molecular flexibility index (Phi) is 7.65. The average Bonchev–Trinajstić information content (AvgIpc) is 3.38. The topological polar surface area (TPSA) is 116 Å². The van der Waals surface area contributed by atoms with Gasteiger partial charge in [-0.3, -0.25) is 14.8 Å². The summed E-state index contributed by atoms with van der Waals surface area (Å²) in [6, 6.07) is 10.2. The molecule has 2 amide bonds. The molecule has 0 aliphatic carbocycles. The Bertz CT molecular complexity index is 940. The van der Waals surface area contributed by atoms with Crippen LogP contribution in [0.2, 0.25) is 0 Å². The highest BCUT2D eigenvalue weighted by molar-refractivity contribution is 5.89. The molecule has 10 heteroatoms. The van der Waals surface area contributed by atoms with E-state index in [9.17, 15) is 20.1 Å². The highest BCUT2D eigenvalue weighted by Crippen LogP contribution is 2.32. The Labute approximate surface area is 200 Å². The van der Waals surface area contributed by atoms with E-state index >= 15 is 0 Å². The Morgan fingerprint density at radius 3 is 2.35 bits per heavy atom. The van der Waals surface area contributed by atoms with Crippen LogP contribution in [0.15, 0.2) is 35.3 Å². The molecule has 10 nitrogen and oxygen atoms in total. The SMILES string of the molecule is CN1CCN(C(=NC#N)N2CCC(C(=O)N3CC[C@H](c4ccccc4)C3)C(C(=O)NO)C2)CC1. The number of aliphatic imine (C=N–C) groups is 1. The molecular formula is C24H33N7O3. The van der Waals surface area contributed by atoms with Crippen LogP contribution in [0.25, 0.3) is 0 Å². The van der Waals surface area contributed by atoms with Gasteiger partial charge in [-0.25, -0.2) is 5.48 Å². The molecule has 0 saturated carbocycles. The average molecular weight is 468 g/mol. The molecule has 1 aromatic rings. The lowest BCUT2D eigenvalue weighted by Gasteiger charge is -2.43. The van der Waals surface area contributed by atoms with Crippen LogP contribution in [0.1, 0.15) is 24.3 Å². The van der Waals surface area contributed by atoms with Crippen LogP contribution in [-0.4, -0.2) is 102 Å². The van der Waals surface area contributed by atoms with Crippen molar-refractivity contribution < 1.29 is 14.8 Å². The van der Waals surface area contributed by atoms with Crippen molar-refractivity contribution in [3.8, 4) is 6.19 Å². The van der Waals surface area contributed by atoms with Crippen molar-refractivity contribution >= 4 is 17.8 Å². The van der Waals surface area contributed by atoms with E-state index in [4.69, 9.17) is 0 Å². The van der Waals surface area contributed by atoms with Gasteiger partial charge in [0.05, 0.1) is 11.8 Å². The smallest absolute Gasteiger partial charge is 0.249 e. The van der Waals surface area contributed by atoms with Crippen LogP contribution in [0, 0.1) is 23.3 Å². The van der Waals surface area contributed by atoms with Crippen LogP contribution < -0.4 is 5.48 Å². The van der Waals surface area contributed by atoms with Crippen LogP contribution in [0.4, 0.5) is 0 Å². The summed E-state index contributed by atoms with van der Waals surface area (Å²) in [5, 5.41) is 18.7. The summed E-state index contributed by atoms with van der Waals surface area (Å²) in [5.74, 6) is -1.02. The van der Waals surface area contributed by atoms with Crippen molar-refractivity contribution in [1.82, 2.24) is 25.1 Å². The van der Waals surface area contributed by atoms with Crippen molar-refractivity contribution in [3.05, 3.63) is 35.9 Å². The number of benzene rings is 1.